The SMILES string of the molecule is Cn1cc(-c2cc3ncccc3c(-c3ccc(N4CCN(C(=O)NCc5ccccc5)CC4)nc3)n2)cn1. The van der Waals surface area contributed by atoms with Gasteiger partial charge in [0.1, 0.15) is 5.82 Å². The molecule has 0 unspecified atom stereocenters. The number of amides is 2. The number of aryl methyl sites for hydroxylation is 1. The minimum Gasteiger partial charge on any atom is -0.353 e. The Morgan fingerprint density at radius 1 is 0.921 bits per heavy atom. The van der Waals surface area contributed by atoms with Crippen molar-refractivity contribution in [2.45, 2.75) is 6.54 Å². The Bertz CT molecular complexity index is 1560. The van der Waals surface area contributed by atoms with Gasteiger partial charge in [0.25, 0.3) is 0 Å². The van der Waals surface area contributed by atoms with E-state index in [0.717, 1.165) is 57.9 Å². The van der Waals surface area contributed by atoms with Crippen LogP contribution in [0, 0.1) is 0 Å². The lowest BCUT2D eigenvalue weighted by Gasteiger charge is -2.35. The van der Waals surface area contributed by atoms with Gasteiger partial charge in [-0.3, -0.25) is 9.67 Å². The predicted octanol–water partition coefficient (Wildman–Crippen LogP) is 4.12. The van der Waals surface area contributed by atoms with E-state index in [9.17, 15) is 4.79 Å². The van der Waals surface area contributed by atoms with Crippen molar-refractivity contribution in [2.75, 3.05) is 31.1 Å². The molecule has 4 aromatic heterocycles. The van der Waals surface area contributed by atoms with E-state index in [1.54, 1.807) is 10.9 Å². The first-order chi connectivity index (χ1) is 18.6. The molecule has 0 bridgehead atoms. The second-order valence-corrected chi connectivity index (χ2v) is 9.35. The van der Waals surface area contributed by atoms with Gasteiger partial charge in [-0.15, -0.1) is 0 Å². The van der Waals surface area contributed by atoms with Gasteiger partial charge in [0.05, 0.1) is 23.1 Å². The molecule has 9 nitrogen and oxygen atoms in total. The number of nitrogens with zero attached hydrogens (tertiary/aromatic N) is 7. The highest BCUT2D eigenvalue weighted by molar-refractivity contribution is 5.94. The minimum absolute atomic E-state index is 0.0307. The monoisotopic (exact) mass is 504 g/mol. The summed E-state index contributed by atoms with van der Waals surface area (Å²) in [6.07, 6.45) is 7.42. The molecular formula is C29H28N8O. The van der Waals surface area contributed by atoms with Crippen LogP contribution in [0.25, 0.3) is 33.4 Å². The molecule has 9 heteroatoms. The molecule has 1 fully saturated rings. The fourth-order valence-corrected chi connectivity index (χ4v) is 4.73. The molecule has 0 radical (unpaired) electrons. The summed E-state index contributed by atoms with van der Waals surface area (Å²) in [6, 6.07) is 20.0. The van der Waals surface area contributed by atoms with Crippen LogP contribution in [0.2, 0.25) is 0 Å². The van der Waals surface area contributed by atoms with Crippen LogP contribution in [0.4, 0.5) is 10.6 Å². The van der Waals surface area contributed by atoms with Gasteiger partial charge in [-0.25, -0.2) is 14.8 Å². The van der Waals surface area contributed by atoms with Gasteiger partial charge in [-0.2, -0.15) is 5.10 Å². The third kappa shape index (κ3) is 4.90. The molecule has 5 heterocycles. The highest BCUT2D eigenvalue weighted by Gasteiger charge is 2.22. The molecule has 2 amide bonds. The predicted molar refractivity (Wildman–Crippen MR) is 147 cm³/mol. The lowest BCUT2D eigenvalue weighted by atomic mass is 10.1. The van der Waals surface area contributed by atoms with E-state index >= 15 is 0 Å². The average molecular weight is 505 g/mol. The molecule has 1 N–H and O–H groups in total. The summed E-state index contributed by atoms with van der Waals surface area (Å²) in [4.78, 5) is 31.0. The van der Waals surface area contributed by atoms with Crippen molar-refractivity contribution in [3.05, 3.63) is 91.0 Å². The summed E-state index contributed by atoms with van der Waals surface area (Å²) in [5.74, 6) is 0.893. The number of anilines is 1. The molecule has 1 aliphatic rings. The number of carbonyl (C=O) groups excluding carboxylic acids is 1. The lowest BCUT2D eigenvalue weighted by molar-refractivity contribution is 0.194. The normalized spacial score (nSPS) is 13.6. The third-order valence-corrected chi connectivity index (χ3v) is 6.80. The van der Waals surface area contributed by atoms with Crippen molar-refractivity contribution < 1.29 is 4.79 Å². The smallest absolute Gasteiger partial charge is 0.317 e. The summed E-state index contributed by atoms with van der Waals surface area (Å²) >= 11 is 0. The van der Waals surface area contributed by atoms with E-state index in [1.807, 2.05) is 85.1 Å². The molecule has 0 atom stereocenters. The molecule has 5 aromatic rings. The Kier molecular flexibility index (Phi) is 6.39. The van der Waals surface area contributed by atoms with Gasteiger partial charge in [0, 0.05) is 74.9 Å². The van der Waals surface area contributed by atoms with Crippen LogP contribution in [0.5, 0.6) is 0 Å². The number of pyridine rings is 3. The Morgan fingerprint density at radius 2 is 1.76 bits per heavy atom. The van der Waals surface area contributed by atoms with Crippen molar-refractivity contribution in [2.24, 2.45) is 7.05 Å². The number of rotatable bonds is 5. The van der Waals surface area contributed by atoms with E-state index in [0.29, 0.717) is 19.6 Å². The molecule has 1 aromatic carbocycles. The molecule has 38 heavy (non-hydrogen) atoms. The van der Waals surface area contributed by atoms with Gasteiger partial charge in [0.2, 0.25) is 0 Å². The Hall–Kier alpha value is -4.79. The van der Waals surface area contributed by atoms with Crippen LogP contribution >= 0.6 is 0 Å². The second kappa shape index (κ2) is 10.3. The molecule has 1 aliphatic heterocycles. The maximum absolute atomic E-state index is 12.6. The Labute approximate surface area is 220 Å². The molecular weight excluding hydrogens is 476 g/mol. The van der Waals surface area contributed by atoms with E-state index < -0.39 is 0 Å². The summed E-state index contributed by atoms with van der Waals surface area (Å²) in [6.45, 7) is 3.28. The number of aromatic nitrogens is 5. The Balaban J connectivity index is 1.15. The number of piperazine rings is 1. The summed E-state index contributed by atoms with van der Waals surface area (Å²) in [7, 11) is 1.89. The van der Waals surface area contributed by atoms with Crippen molar-refractivity contribution >= 4 is 22.8 Å². The number of nitrogens with one attached hydrogen (secondary N) is 1. The van der Waals surface area contributed by atoms with Crippen LogP contribution in [-0.4, -0.2) is 61.8 Å². The summed E-state index contributed by atoms with van der Waals surface area (Å²) < 4.78 is 1.77. The van der Waals surface area contributed by atoms with E-state index in [1.165, 1.54) is 0 Å². The number of fused-ring (bicyclic) bond motifs is 1. The van der Waals surface area contributed by atoms with Crippen LogP contribution < -0.4 is 10.2 Å². The van der Waals surface area contributed by atoms with Gasteiger partial charge in [0.15, 0.2) is 0 Å². The molecule has 0 aliphatic carbocycles. The average Bonchev–Trinajstić information content (AvgIpc) is 3.42. The van der Waals surface area contributed by atoms with Crippen molar-refractivity contribution in [3.8, 4) is 22.5 Å². The van der Waals surface area contributed by atoms with Crippen molar-refractivity contribution in [1.29, 1.82) is 0 Å². The lowest BCUT2D eigenvalue weighted by Crippen LogP contribution is -2.51. The first kappa shape index (κ1) is 23.6. The topological polar surface area (TPSA) is 92.1 Å². The highest BCUT2D eigenvalue weighted by atomic mass is 16.2. The van der Waals surface area contributed by atoms with E-state index in [-0.39, 0.29) is 6.03 Å². The van der Waals surface area contributed by atoms with Gasteiger partial charge in [-0.05, 0) is 35.9 Å². The number of benzene rings is 1. The molecule has 1 saturated heterocycles. The maximum atomic E-state index is 12.6. The number of urea groups is 1. The molecule has 0 saturated carbocycles. The van der Waals surface area contributed by atoms with Crippen LogP contribution in [0.15, 0.2) is 85.5 Å². The second-order valence-electron chi connectivity index (χ2n) is 9.35. The highest BCUT2D eigenvalue weighted by Crippen LogP contribution is 2.30. The summed E-state index contributed by atoms with van der Waals surface area (Å²) in [5, 5.41) is 8.28. The van der Waals surface area contributed by atoms with E-state index in [2.05, 4.69) is 26.4 Å². The number of hydrogen-bond acceptors (Lipinski definition) is 6. The standard InChI is InChI=1S/C29H28N8O/c1-35-20-23(19-33-35)25-16-26-24(8-5-11-30-26)28(34-25)22-9-10-27(31-18-22)36-12-14-37(15-13-36)29(38)32-17-21-6-3-2-4-7-21/h2-11,16,18-20H,12-15,17H2,1H3,(H,32,38). The molecule has 190 valence electrons. The third-order valence-electron chi connectivity index (χ3n) is 6.80. The van der Waals surface area contributed by atoms with Crippen LogP contribution in [-0.2, 0) is 13.6 Å². The van der Waals surface area contributed by atoms with Gasteiger partial charge in [-0.1, -0.05) is 30.3 Å². The maximum Gasteiger partial charge on any atom is 0.317 e. The van der Waals surface area contributed by atoms with Crippen LogP contribution in [0.3, 0.4) is 0 Å². The largest absolute Gasteiger partial charge is 0.353 e. The van der Waals surface area contributed by atoms with E-state index in [4.69, 9.17) is 9.97 Å². The zero-order valence-electron chi connectivity index (χ0n) is 21.2. The van der Waals surface area contributed by atoms with Gasteiger partial charge >= 0.3 is 6.03 Å². The van der Waals surface area contributed by atoms with Crippen LogP contribution in [0.1, 0.15) is 5.56 Å². The fraction of sp³-hybridized carbons (Fsp3) is 0.207. The van der Waals surface area contributed by atoms with Gasteiger partial charge < -0.3 is 15.1 Å². The first-order valence-corrected chi connectivity index (χ1v) is 12.7. The first-order valence-electron chi connectivity index (χ1n) is 12.7. The van der Waals surface area contributed by atoms with Crippen molar-refractivity contribution in [1.82, 2.24) is 34.9 Å². The quantitative estimate of drug-likeness (QED) is 0.387. The minimum atomic E-state index is -0.0307. The Morgan fingerprint density at radius 3 is 2.50 bits per heavy atom. The fourth-order valence-electron chi connectivity index (χ4n) is 4.73. The number of hydrogen-bond donors (Lipinski definition) is 1. The molecule has 6 rings (SSSR count). The number of carbonyl (C=O) groups is 1. The summed E-state index contributed by atoms with van der Waals surface area (Å²) in [5.41, 5.74) is 5.50. The zero-order valence-corrected chi connectivity index (χ0v) is 21.2. The zero-order chi connectivity index (χ0) is 25.9. The molecule has 0 spiro atoms. The van der Waals surface area contributed by atoms with Crippen molar-refractivity contribution in [3.63, 3.8) is 0 Å².